The van der Waals surface area contributed by atoms with Gasteiger partial charge in [0.1, 0.15) is 4.83 Å². The Hall–Kier alpha value is -2.52. The third kappa shape index (κ3) is 2.75. The second-order valence-electron chi connectivity index (χ2n) is 5.09. The standard InChI is InChI=1S/C16H8F3N3OS2/c17-16(18,19)14-21-12-10(6-7-24-12)13(23)22(14)15-20-11(8-25-15)9-4-2-1-3-5-9/h1-8H. The molecule has 0 amide bonds. The second kappa shape index (κ2) is 5.78. The predicted molar refractivity (Wildman–Crippen MR) is 91.3 cm³/mol. The van der Waals surface area contributed by atoms with Crippen LogP contribution in [0.15, 0.2) is 52.0 Å². The summed E-state index contributed by atoms with van der Waals surface area (Å²) in [6.07, 6.45) is -4.77. The van der Waals surface area contributed by atoms with Crippen LogP contribution in [0.4, 0.5) is 13.2 Å². The third-order valence-corrected chi connectivity index (χ3v) is 5.14. The van der Waals surface area contributed by atoms with Crippen molar-refractivity contribution in [2.75, 3.05) is 0 Å². The molecule has 0 atom stereocenters. The molecule has 4 aromatic rings. The molecule has 0 radical (unpaired) electrons. The molecule has 4 rings (SSSR count). The average Bonchev–Trinajstić information content (AvgIpc) is 3.24. The zero-order valence-electron chi connectivity index (χ0n) is 12.3. The van der Waals surface area contributed by atoms with Gasteiger partial charge in [-0.1, -0.05) is 30.3 Å². The minimum Gasteiger partial charge on any atom is -0.268 e. The van der Waals surface area contributed by atoms with E-state index >= 15 is 0 Å². The number of benzene rings is 1. The van der Waals surface area contributed by atoms with Crippen molar-refractivity contribution in [1.29, 1.82) is 0 Å². The largest absolute Gasteiger partial charge is 0.450 e. The summed E-state index contributed by atoms with van der Waals surface area (Å²) >= 11 is 1.96. The number of rotatable bonds is 2. The maximum absolute atomic E-state index is 13.4. The van der Waals surface area contributed by atoms with Crippen molar-refractivity contribution in [2.45, 2.75) is 6.18 Å². The van der Waals surface area contributed by atoms with Crippen LogP contribution in [0.25, 0.3) is 26.6 Å². The van der Waals surface area contributed by atoms with Gasteiger partial charge in [-0.3, -0.25) is 4.79 Å². The van der Waals surface area contributed by atoms with Gasteiger partial charge in [0.05, 0.1) is 11.1 Å². The van der Waals surface area contributed by atoms with Gasteiger partial charge in [-0.25, -0.2) is 14.5 Å². The van der Waals surface area contributed by atoms with Crippen LogP contribution >= 0.6 is 22.7 Å². The Morgan fingerprint density at radius 1 is 1.00 bits per heavy atom. The molecule has 4 nitrogen and oxygen atoms in total. The van der Waals surface area contributed by atoms with E-state index in [-0.39, 0.29) is 15.3 Å². The van der Waals surface area contributed by atoms with Crippen LogP contribution in [-0.2, 0) is 6.18 Å². The molecule has 0 N–H and O–H groups in total. The van der Waals surface area contributed by atoms with Gasteiger partial charge >= 0.3 is 6.18 Å². The monoisotopic (exact) mass is 379 g/mol. The van der Waals surface area contributed by atoms with E-state index < -0.39 is 17.6 Å². The number of alkyl halides is 3. The van der Waals surface area contributed by atoms with Gasteiger partial charge in [-0.15, -0.1) is 22.7 Å². The molecule has 3 heterocycles. The molecule has 9 heteroatoms. The van der Waals surface area contributed by atoms with E-state index in [4.69, 9.17) is 0 Å². The maximum Gasteiger partial charge on any atom is 0.450 e. The molecule has 0 aliphatic rings. The van der Waals surface area contributed by atoms with Crippen molar-refractivity contribution in [3.63, 3.8) is 0 Å². The van der Waals surface area contributed by atoms with E-state index in [1.54, 1.807) is 35.0 Å². The van der Waals surface area contributed by atoms with Crippen LogP contribution in [0.3, 0.4) is 0 Å². The number of fused-ring (bicyclic) bond motifs is 1. The minimum atomic E-state index is -4.77. The quantitative estimate of drug-likeness (QED) is 0.512. The highest BCUT2D eigenvalue weighted by atomic mass is 32.1. The fourth-order valence-electron chi connectivity index (χ4n) is 2.39. The first kappa shape index (κ1) is 16.0. The summed E-state index contributed by atoms with van der Waals surface area (Å²) in [6, 6.07) is 10.5. The second-order valence-corrected chi connectivity index (χ2v) is 6.83. The average molecular weight is 379 g/mol. The van der Waals surface area contributed by atoms with Crippen LogP contribution in [0.5, 0.6) is 0 Å². The number of thiazole rings is 1. The van der Waals surface area contributed by atoms with Crippen LogP contribution in [-0.4, -0.2) is 14.5 Å². The SMILES string of the molecule is O=c1c2ccsc2nc(C(F)(F)F)n1-c1nc(-c2ccccc2)cs1. The summed E-state index contributed by atoms with van der Waals surface area (Å²) in [5, 5.41) is 3.25. The number of hydrogen-bond donors (Lipinski definition) is 0. The molecule has 1 aromatic carbocycles. The van der Waals surface area contributed by atoms with Gasteiger partial charge in [-0.05, 0) is 11.4 Å². The minimum absolute atomic E-state index is 0.0585. The lowest BCUT2D eigenvalue weighted by Gasteiger charge is -2.12. The maximum atomic E-state index is 13.4. The van der Waals surface area contributed by atoms with Gasteiger partial charge in [0.25, 0.3) is 5.56 Å². The van der Waals surface area contributed by atoms with Gasteiger partial charge in [0.2, 0.25) is 5.82 Å². The number of thiophene rings is 1. The predicted octanol–water partition coefficient (Wildman–Crippen LogP) is 4.59. The van der Waals surface area contributed by atoms with Crippen LogP contribution in [0.1, 0.15) is 5.82 Å². The zero-order chi connectivity index (χ0) is 17.6. The Kier molecular flexibility index (Phi) is 3.69. The van der Waals surface area contributed by atoms with Crippen molar-refractivity contribution in [2.24, 2.45) is 0 Å². The van der Waals surface area contributed by atoms with E-state index in [0.717, 1.165) is 28.2 Å². The van der Waals surface area contributed by atoms with E-state index in [1.807, 2.05) is 6.07 Å². The first-order valence-corrected chi connectivity index (χ1v) is 8.80. The van der Waals surface area contributed by atoms with Gasteiger partial charge in [-0.2, -0.15) is 13.2 Å². The molecule has 0 aliphatic carbocycles. The molecule has 0 saturated carbocycles. The molecular formula is C16H8F3N3OS2. The Morgan fingerprint density at radius 2 is 1.76 bits per heavy atom. The van der Waals surface area contributed by atoms with E-state index in [2.05, 4.69) is 9.97 Å². The van der Waals surface area contributed by atoms with Crippen LogP contribution in [0, 0.1) is 0 Å². The molecule has 0 saturated heterocycles. The molecular weight excluding hydrogens is 371 g/mol. The smallest absolute Gasteiger partial charge is 0.268 e. The highest BCUT2D eigenvalue weighted by Gasteiger charge is 2.38. The first-order chi connectivity index (χ1) is 11.9. The molecule has 126 valence electrons. The van der Waals surface area contributed by atoms with Crippen LogP contribution < -0.4 is 5.56 Å². The Bertz CT molecular complexity index is 1110. The molecule has 0 aliphatic heterocycles. The lowest BCUT2D eigenvalue weighted by molar-refractivity contribution is -0.146. The lowest BCUT2D eigenvalue weighted by atomic mass is 10.2. The first-order valence-electron chi connectivity index (χ1n) is 7.04. The summed E-state index contributed by atoms with van der Waals surface area (Å²) in [4.78, 5) is 20.5. The Morgan fingerprint density at radius 3 is 2.48 bits per heavy atom. The van der Waals surface area contributed by atoms with Gasteiger partial charge in [0.15, 0.2) is 5.13 Å². The molecule has 0 fully saturated rings. The summed E-state index contributed by atoms with van der Waals surface area (Å²) in [7, 11) is 0. The highest BCUT2D eigenvalue weighted by molar-refractivity contribution is 7.16. The van der Waals surface area contributed by atoms with Crippen molar-refractivity contribution in [3.8, 4) is 16.4 Å². The lowest BCUT2D eigenvalue weighted by Crippen LogP contribution is -2.28. The number of halogens is 3. The summed E-state index contributed by atoms with van der Waals surface area (Å²) in [5.41, 5.74) is 0.495. The molecule has 3 aromatic heterocycles. The molecule has 0 bridgehead atoms. The van der Waals surface area contributed by atoms with Crippen molar-refractivity contribution >= 4 is 32.9 Å². The fourth-order valence-corrected chi connectivity index (χ4v) is 3.98. The molecule has 0 unspecified atom stereocenters. The van der Waals surface area contributed by atoms with E-state index in [1.165, 1.54) is 6.07 Å². The summed E-state index contributed by atoms with van der Waals surface area (Å²) in [6.45, 7) is 0. The third-order valence-electron chi connectivity index (χ3n) is 3.50. The highest BCUT2D eigenvalue weighted by Crippen LogP contribution is 2.32. The van der Waals surface area contributed by atoms with Gasteiger partial charge < -0.3 is 0 Å². The summed E-state index contributed by atoms with van der Waals surface area (Å²) in [5.74, 6) is -1.26. The molecule has 25 heavy (non-hydrogen) atoms. The molecule has 0 spiro atoms. The van der Waals surface area contributed by atoms with Crippen LogP contribution in [0.2, 0.25) is 0 Å². The topological polar surface area (TPSA) is 47.8 Å². The zero-order valence-corrected chi connectivity index (χ0v) is 14.0. The Balaban J connectivity index is 1.96. The van der Waals surface area contributed by atoms with Crippen molar-refractivity contribution in [1.82, 2.24) is 14.5 Å². The summed E-state index contributed by atoms with van der Waals surface area (Å²) < 4.78 is 40.9. The number of nitrogens with zero attached hydrogens (tertiary/aromatic N) is 3. The Labute approximate surface area is 146 Å². The normalized spacial score (nSPS) is 12.0. The van der Waals surface area contributed by atoms with Crippen molar-refractivity contribution < 1.29 is 13.2 Å². The number of aromatic nitrogens is 3. The number of hydrogen-bond acceptors (Lipinski definition) is 5. The van der Waals surface area contributed by atoms with E-state index in [0.29, 0.717) is 10.3 Å². The van der Waals surface area contributed by atoms with E-state index in [9.17, 15) is 18.0 Å². The fraction of sp³-hybridized carbons (Fsp3) is 0.0625. The van der Waals surface area contributed by atoms with Gasteiger partial charge in [0, 0.05) is 10.9 Å². The van der Waals surface area contributed by atoms with Crippen molar-refractivity contribution in [3.05, 3.63) is 63.3 Å².